The number of carbonyl (C=O) groups excluding carboxylic acids is 2. The Kier molecular flexibility index (Phi) is 7.33. The van der Waals surface area contributed by atoms with Crippen LogP contribution in [0.1, 0.15) is 23.6 Å². The van der Waals surface area contributed by atoms with Crippen LogP contribution < -0.4 is 4.74 Å². The molecule has 0 aromatic heterocycles. The van der Waals surface area contributed by atoms with Gasteiger partial charge in [-0.15, -0.1) is 0 Å². The van der Waals surface area contributed by atoms with Crippen molar-refractivity contribution in [1.29, 1.82) is 0 Å². The first kappa shape index (κ1) is 23.3. The highest BCUT2D eigenvalue weighted by Crippen LogP contribution is 2.40. The molecular formula is C25H27ClN2O5. The first-order valence-electron chi connectivity index (χ1n) is 11.0. The Hall–Kier alpha value is -2.87. The second kappa shape index (κ2) is 10.4. The van der Waals surface area contributed by atoms with Gasteiger partial charge in [-0.25, -0.2) is 0 Å². The molecule has 0 aliphatic carbocycles. The van der Waals surface area contributed by atoms with E-state index in [4.69, 9.17) is 21.1 Å². The largest absolute Gasteiger partial charge is 0.507 e. The molecule has 1 amide bonds. The summed E-state index contributed by atoms with van der Waals surface area (Å²) < 4.78 is 10.6. The highest BCUT2D eigenvalue weighted by Gasteiger charge is 2.45. The number of methoxy groups -OCH3 is 1. The minimum Gasteiger partial charge on any atom is -0.507 e. The number of morpholine rings is 1. The number of rotatable bonds is 7. The summed E-state index contributed by atoms with van der Waals surface area (Å²) in [6.07, 6.45) is 0.713. The minimum atomic E-state index is -0.695. The van der Waals surface area contributed by atoms with Crippen molar-refractivity contribution in [2.45, 2.75) is 12.5 Å². The van der Waals surface area contributed by atoms with Gasteiger partial charge in [-0.05, 0) is 30.2 Å². The van der Waals surface area contributed by atoms with E-state index < -0.39 is 17.7 Å². The van der Waals surface area contributed by atoms with Gasteiger partial charge in [0.1, 0.15) is 11.5 Å². The third kappa shape index (κ3) is 4.90. The molecule has 1 unspecified atom stereocenters. The zero-order valence-corrected chi connectivity index (χ0v) is 19.3. The summed E-state index contributed by atoms with van der Waals surface area (Å²) >= 11 is 6.24. The van der Waals surface area contributed by atoms with Gasteiger partial charge >= 0.3 is 0 Å². The molecule has 2 heterocycles. The van der Waals surface area contributed by atoms with E-state index in [1.807, 2.05) is 30.3 Å². The first-order chi connectivity index (χ1) is 16.0. The molecule has 7 nitrogen and oxygen atoms in total. The van der Waals surface area contributed by atoms with Crippen molar-refractivity contribution in [3.63, 3.8) is 0 Å². The Bertz CT molecular complexity index is 1050. The highest BCUT2D eigenvalue weighted by atomic mass is 35.5. The van der Waals surface area contributed by atoms with Crippen LogP contribution in [-0.4, -0.2) is 73.1 Å². The quantitative estimate of drug-likeness (QED) is 0.379. The second-order valence-corrected chi connectivity index (χ2v) is 8.47. The Morgan fingerprint density at radius 1 is 1.12 bits per heavy atom. The number of halogens is 1. The maximum absolute atomic E-state index is 13.1. The lowest BCUT2D eigenvalue weighted by Crippen LogP contribution is -2.38. The highest BCUT2D eigenvalue weighted by molar-refractivity contribution is 6.46. The molecule has 0 radical (unpaired) electrons. The van der Waals surface area contributed by atoms with Crippen LogP contribution in [0.4, 0.5) is 0 Å². The van der Waals surface area contributed by atoms with Gasteiger partial charge in [0.2, 0.25) is 0 Å². The number of ether oxygens (including phenoxy) is 2. The van der Waals surface area contributed by atoms with Gasteiger partial charge in [0.15, 0.2) is 0 Å². The van der Waals surface area contributed by atoms with Crippen molar-refractivity contribution < 1.29 is 24.2 Å². The van der Waals surface area contributed by atoms with E-state index in [0.717, 1.165) is 25.2 Å². The number of Topliss-reactive ketones (excluding diaryl/α,β-unsaturated/α-hetero) is 1. The molecule has 1 atom stereocenters. The predicted molar refractivity (Wildman–Crippen MR) is 125 cm³/mol. The van der Waals surface area contributed by atoms with Crippen LogP contribution in [0.15, 0.2) is 54.1 Å². The fourth-order valence-electron chi connectivity index (χ4n) is 4.35. The smallest absolute Gasteiger partial charge is 0.295 e. The normalized spacial score (nSPS) is 20.9. The van der Waals surface area contributed by atoms with Crippen molar-refractivity contribution in [3.8, 4) is 5.75 Å². The maximum atomic E-state index is 13.1. The van der Waals surface area contributed by atoms with Crippen molar-refractivity contribution in [3.05, 3.63) is 70.3 Å². The summed E-state index contributed by atoms with van der Waals surface area (Å²) in [5.74, 6) is -1.09. The van der Waals surface area contributed by atoms with E-state index in [1.165, 1.54) is 13.2 Å². The number of hydrogen-bond donors (Lipinski definition) is 1. The maximum Gasteiger partial charge on any atom is 0.295 e. The number of nitrogens with zero attached hydrogens (tertiary/aromatic N) is 2. The molecule has 0 bridgehead atoms. The van der Waals surface area contributed by atoms with Crippen molar-refractivity contribution in [2.24, 2.45) is 0 Å². The number of aliphatic hydroxyl groups is 1. The predicted octanol–water partition coefficient (Wildman–Crippen LogP) is 3.49. The van der Waals surface area contributed by atoms with Gasteiger partial charge in [0.25, 0.3) is 11.7 Å². The summed E-state index contributed by atoms with van der Waals surface area (Å²) in [4.78, 5) is 30.0. The molecule has 4 rings (SSSR count). The number of benzene rings is 2. The summed E-state index contributed by atoms with van der Waals surface area (Å²) in [5, 5.41) is 11.4. The molecule has 2 saturated heterocycles. The van der Waals surface area contributed by atoms with Crippen molar-refractivity contribution >= 4 is 29.1 Å². The van der Waals surface area contributed by atoms with Crippen LogP contribution in [0, 0.1) is 0 Å². The van der Waals surface area contributed by atoms with Gasteiger partial charge in [-0.1, -0.05) is 41.9 Å². The zero-order chi connectivity index (χ0) is 23.4. The molecule has 2 aromatic rings. The molecular weight excluding hydrogens is 444 g/mol. The van der Waals surface area contributed by atoms with Crippen LogP contribution in [0.3, 0.4) is 0 Å². The van der Waals surface area contributed by atoms with E-state index in [0.29, 0.717) is 42.5 Å². The standard InChI is InChI=1S/C25H27ClN2O5/c1-32-20-9-8-18(16-19(20)26)23(29)21-22(17-6-3-2-4-7-17)28(25(31)24(21)30)11-5-10-27-12-14-33-15-13-27/h2-4,6-9,16,22,29H,5,10-15H2,1H3/b23-21-. The topological polar surface area (TPSA) is 79.3 Å². The summed E-state index contributed by atoms with van der Waals surface area (Å²) in [5.41, 5.74) is 1.19. The lowest BCUT2D eigenvalue weighted by Gasteiger charge is -2.29. The Labute approximate surface area is 198 Å². The van der Waals surface area contributed by atoms with Crippen LogP contribution in [0.2, 0.25) is 5.02 Å². The van der Waals surface area contributed by atoms with Gasteiger partial charge in [0.05, 0.1) is 37.0 Å². The molecule has 2 aliphatic heterocycles. The van der Waals surface area contributed by atoms with E-state index in [9.17, 15) is 14.7 Å². The van der Waals surface area contributed by atoms with Gasteiger partial charge in [-0.3, -0.25) is 14.5 Å². The van der Waals surface area contributed by atoms with Gasteiger partial charge < -0.3 is 19.5 Å². The molecule has 2 aromatic carbocycles. The Morgan fingerprint density at radius 3 is 2.52 bits per heavy atom. The molecule has 1 N–H and O–H groups in total. The molecule has 2 fully saturated rings. The van der Waals surface area contributed by atoms with E-state index in [1.54, 1.807) is 17.0 Å². The van der Waals surface area contributed by atoms with E-state index >= 15 is 0 Å². The monoisotopic (exact) mass is 470 g/mol. The second-order valence-electron chi connectivity index (χ2n) is 8.06. The van der Waals surface area contributed by atoms with E-state index in [-0.39, 0.29) is 11.3 Å². The molecule has 0 spiro atoms. The summed E-state index contributed by atoms with van der Waals surface area (Å²) in [6.45, 7) is 4.35. The van der Waals surface area contributed by atoms with Crippen LogP contribution in [0.5, 0.6) is 5.75 Å². The number of amides is 1. The molecule has 8 heteroatoms. The zero-order valence-electron chi connectivity index (χ0n) is 18.5. The summed E-state index contributed by atoms with van der Waals surface area (Å²) in [6, 6.07) is 13.4. The fourth-order valence-corrected chi connectivity index (χ4v) is 4.61. The lowest BCUT2D eigenvalue weighted by molar-refractivity contribution is -0.140. The Balaban J connectivity index is 1.66. The fraction of sp³-hybridized carbons (Fsp3) is 0.360. The average Bonchev–Trinajstić information content (AvgIpc) is 3.10. The Morgan fingerprint density at radius 2 is 1.85 bits per heavy atom. The molecule has 174 valence electrons. The number of hydrogen-bond acceptors (Lipinski definition) is 6. The van der Waals surface area contributed by atoms with Crippen LogP contribution in [-0.2, 0) is 14.3 Å². The minimum absolute atomic E-state index is 0.0683. The van der Waals surface area contributed by atoms with Gasteiger partial charge in [0, 0.05) is 31.7 Å². The average molecular weight is 471 g/mol. The number of ketones is 1. The first-order valence-corrected chi connectivity index (χ1v) is 11.4. The number of likely N-dealkylation sites (tertiary alicyclic amines) is 1. The van der Waals surface area contributed by atoms with Crippen molar-refractivity contribution in [2.75, 3.05) is 46.5 Å². The third-order valence-electron chi connectivity index (χ3n) is 6.06. The third-order valence-corrected chi connectivity index (χ3v) is 6.35. The van der Waals surface area contributed by atoms with Crippen LogP contribution in [0.25, 0.3) is 5.76 Å². The number of carbonyl (C=O) groups is 2. The summed E-state index contributed by atoms with van der Waals surface area (Å²) in [7, 11) is 1.50. The molecule has 2 aliphatic rings. The lowest BCUT2D eigenvalue weighted by atomic mass is 9.95. The van der Waals surface area contributed by atoms with Crippen molar-refractivity contribution in [1.82, 2.24) is 9.80 Å². The molecule has 33 heavy (non-hydrogen) atoms. The van der Waals surface area contributed by atoms with E-state index in [2.05, 4.69) is 4.90 Å². The van der Waals surface area contributed by atoms with Gasteiger partial charge in [-0.2, -0.15) is 0 Å². The SMILES string of the molecule is COc1ccc(/C(O)=C2/C(=O)C(=O)N(CCCN3CCOCC3)C2c2ccccc2)cc1Cl. The number of aliphatic hydroxyl groups excluding tert-OH is 1. The molecule has 0 saturated carbocycles. The van der Waals surface area contributed by atoms with Crippen LogP contribution >= 0.6 is 11.6 Å².